The predicted molar refractivity (Wildman–Crippen MR) is 93.7 cm³/mol. The van der Waals surface area contributed by atoms with Gasteiger partial charge in [0.05, 0.1) is 24.7 Å². The second kappa shape index (κ2) is 8.35. The summed E-state index contributed by atoms with van der Waals surface area (Å²) in [4.78, 5) is 2.52. The molecule has 3 rings (SSSR count). The lowest BCUT2D eigenvalue weighted by atomic mass is 10.1. The van der Waals surface area contributed by atoms with E-state index in [1.54, 1.807) is 25.3 Å². The van der Waals surface area contributed by atoms with Crippen molar-refractivity contribution >= 4 is 10.0 Å². The largest absolute Gasteiger partial charge is 0.490 e. The van der Waals surface area contributed by atoms with Gasteiger partial charge in [0.25, 0.3) is 0 Å². The summed E-state index contributed by atoms with van der Waals surface area (Å²) in [6, 6.07) is 4.77. The van der Waals surface area contributed by atoms with Crippen molar-refractivity contribution in [1.82, 2.24) is 9.62 Å². The molecule has 0 radical (unpaired) electrons. The molecule has 0 bridgehead atoms. The number of fused-ring (bicyclic) bond motifs is 1. The number of sulfonamides is 1. The maximum absolute atomic E-state index is 12.6. The Kier molecular flexibility index (Phi) is 6.16. The molecule has 1 aromatic carbocycles. The minimum Gasteiger partial charge on any atom is -0.490 e. The second-order valence-electron chi connectivity index (χ2n) is 6.46. The third kappa shape index (κ3) is 4.84. The summed E-state index contributed by atoms with van der Waals surface area (Å²) in [7, 11) is -1.86. The minimum atomic E-state index is -3.56. The maximum Gasteiger partial charge on any atom is 0.240 e. The first-order valence-electron chi connectivity index (χ1n) is 8.69. The zero-order chi connectivity index (χ0) is 17.7. The summed E-state index contributed by atoms with van der Waals surface area (Å²) in [5, 5.41) is 0. The third-order valence-corrected chi connectivity index (χ3v) is 5.99. The Morgan fingerprint density at radius 2 is 2.08 bits per heavy atom. The molecular weight excluding hydrogens is 344 g/mol. The number of hydrogen-bond acceptors (Lipinski definition) is 6. The van der Waals surface area contributed by atoms with Crippen molar-refractivity contribution in [3.05, 3.63) is 18.2 Å². The number of benzene rings is 1. The molecule has 1 atom stereocenters. The first-order valence-corrected chi connectivity index (χ1v) is 10.2. The van der Waals surface area contributed by atoms with Crippen LogP contribution in [0.15, 0.2) is 23.1 Å². The minimum absolute atomic E-state index is 0.214. The SMILES string of the molecule is COCCN1CCC(CNS(=O)(=O)c2ccc3c(c2)OCCCO3)C1. The Morgan fingerprint density at radius 1 is 1.28 bits per heavy atom. The Balaban J connectivity index is 1.58. The fourth-order valence-electron chi connectivity index (χ4n) is 3.12. The number of rotatable bonds is 7. The molecule has 0 aliphatic carbocycles. The van der Waals surface area contributed by atoms with Crippen molar-refractivity contribution in [3.8, 4) is 11.5 Å². The molecule has 2 aliphatic heterocycles. The summed E-state index contributed by atoms with van der Waals surface area (Å²) in [6.45, 7) is 5.03. The van der Waals surface area contributed by atoms with Gasteiger partial charge in [-0.3, -0.25) is 0 Å². The van der Waals surface area contributed by atoms with Crippen molar-refractivity contribution in [2.45, 2.75) is 17.7 Å². The highest BCUT2D eigenvalue weighted by Crippen LogP contribution is 2.31. The molecule has 140 valence electrons. The Bertz CT molecular complexity index is 680. The van der Waals surface area contributed by atoms with Gasteiger partial charge in [-0.05, 0) is 31.0 Å². The molecule has 7 nitrogen and oxygen atoms in total. The molecule has 0 saturated carbocycles. The molecule has 0 aromatic heterocycles. The smallest absolute Gasteiger partial charge is 0.240 e. The number of ether oxygens (including phenoxy) is 3. The zero-order valence-corrected chi connectivity index (χ0v) is 15.4. The molecule has 0 amide bonds. The van der Waals surface area contributed by atoms with E-state index in [1.807, 2.05) is 0 Å². The highest BCUT2D eigenvalue weighted by molar-refractivity contribution is 7.89. The summed E-state index contributed by atoms with van der Waals surface area (Å²) in [5.74, 6) is 1.42. The average molecular weight is 370 g/mol. The third-order valence-electron chi connectivity index (χ3n) is 4.57. The summed E-state index contributed by atoms with van der Waals surface area (Å²) in [5.41, 5.74) is 0. The maximum atomic E-state index is 12.6. The topological polar surface area (TPSA) is 77.1 Å². The molecule has 1 fully saturated rings. The van der Waals surface area contributed by atoms with Crippen LogP contribution in [-0.2, 0) is 14.8 Å². The van der Waals surface area contributed by atoms with E-state index < -0.39 is 10.0 Å². The van der Waals surface area contributed by atoms with Crippen LogP contribution in [0, 0.1) is 5.92 Å². The van der Waals surface area contributed by atoms with E-state index in [9.17, 15) is 8.42 Å². The van der Waals surface area contributed by atoms with Gasteiger partial charge in [0.15, 0.2) is 11.5 Å². The lowest BCUT2D eigenvalue weighted by molar-refractivity contribution is 0.159. The van der Waals surface area contributed by atoms with Gasteiger partial charge in [0, 0.05) is 39.2 Å². The van der Waals surface area contributed by atoms with Gasteiger partial charge in [-0.15, -0.1) is 0 Å². The van der Waals surface area contributed by atoms with Crippen molar-refractivity contribution in [3.63, 3.8) is 0 Å². The molecule has 1 N–H and O–H groups in total. The van der Waals surface area contributed by atoms with E-state index in [1.165, 1.54) is 0 Å². The number of hydrogen-bond donors (Lipinski definition) is 1. The van der Waals surface area contributed by atoms with Crippen molar-refractivity contribution in [1.29, 1.82) is 0 Å². The summed E-state index contributed by atoms with van der Waals surface area (Å²) in [6.07, 6.45) is 1.78. The zero-order valence-electron chi connectivity index (χ0n) is 14.6. The number of nitrogens with zero attached hydrogens (tertiary/aromatic N) is 1. The fourth-order valence-corrected chi connectivity index (χ4v) is 4.26. The standard InChI is InChI=1S/C17H26N2O5S/c1-22-10-7-19-6-5-14(13-19)12-18-25(20,21)15-3-4-16-17(11-15)24-9-2-8-23-16/h3-4,11,14,18H,2,5-10,12-13H2,1H3. The van der Waals surface area contributed by atoms with Gasteiger partial charge in [0.2, 0.25) is 10.0 Å². The molecular formula is C17H26N2O5S. The van der Waals surface area contributed by atoms with E-state index in [2.05, 4.69) is 9.62 Å². The predicted octanol–water partition coefficient (Wildman–Crippen LogP) is 1.09. The monoisotopic (exact) mass is 370 g/mol. The van der Waals surface area contributed by atoms with Gasteiger partial charge < -0.3 is 19.1 Å². The van der Waals surface area contributed by atoms with Gasteiger partial charge in [-0.2, -0.15) is 0 Å². The van der Waals surface area contributed by atoms with Crippen LogP contribution in [0.25, 0.3) is 0 Å². The molecule has 0 spiro atoms. The van der Waals surface area contributed by atoms with E-state index >= 15 is 0 Å². The van der Waals surface area contributed by atoms with Crippen LogP contribution in [0.1, 0.15) is 12.8 Å². The molecule has 1 saturated heterocycles. The van der Waals surface area contributed by atoms with Crippen LogP contribution in [0.4, 0.5) is 0 Å². The van der Waals surface area contributed by atoms with E-state index in [4.69, 9.17) is 14.2 Å². The van der Waals surface area contributed by atoms with Gasteiger partial charge in [-0.1, -0.05) is 0 Å². The van der Waals surface area contributed by atoms with E-state index in [0.29, 0.717) is 43.8 Å². The lowest BCUT2D eigenvalue weighted by Crippen LogP contribution is -2.31. The van der Waals surface area contributed by atoms with Crippen LogP contribution in [0.3, 0.4) is 0 Å². The fraction of sp³-hybridized carbons (Fsp3) is 0.647. The Morgan fingerprint density at radius 3 is 2.88 bits per heavy atom. The van der Waals surface area contributed by atoms with Crippen LogP contribution in [-0.4, -0.2) is 66.4 Å². The highest BCUT2D eigenvalue weighted by atomic mass is 32.2. The van der Waals surface area contributed by atoms with Crippen LogP contribution >= 0.6 is 0 Å². The second-order valence-corrected chi connectivity index (χ2v) is 8.23. The van der Waals surface area contributed by atoms with Gasteiger partial charge in [-0.25, -0.2) is 13.1 Å². The molecule has 2 aliphatic rings. The first-order chi connectivity index (χ1) is 12.1. The van der Waals surface area contributed by atoms with Crippen LogP contribution in [0.5, 0.6) is 11.5 Å². The van der Waals surface area contributed by atoms with Crippen LogP contribution in [0.2, 0.25) is 0 Å². The van der Waals surface area contributed by atoms with Crippen molar-refractivity contribution in [2.24, 2.45) is 5.92 Å². The van der Waals surface area contributed by atoms with E-state index in [-0.39, 0.29) is 4.90 Å². The molecule has 1 unspecified atom stereocenters. The Labute approximate surface area is 149 Å². The van der Waals surface area contributed by atoms with Gasteiger partial charge >= 0.3 is 0 Å². The average Bonchev–Trinajstić information content (AvgIpc) is 2.93. The normalized spacial score (nSPS) is 21.2. The number of methoxy groups -OCH3 is 1. The van der Waals surface area contributed by atoms with Crippen molar-refractivity contribution < 1.29 is 22.6 Å². The quantitative estimate of drug-likeness (QED) is 0.774. The van der Waals surface area contributed by atoms with Crippen molar-refractivity contribution in [2.75, 3.05) is 53.1 Å². The van der Waals surface area contributed by atoms with Crippen LogP contribution < -0.4 is 14.2 Å². The first kappa shape index (κ1) is 18.4. The molecule has 2 heterocycles. The number of nitrogens with one attached hydrogen (secondary N) is 1. The number of likely N-dealkylation sites (tertiary alicyclic amines) is 1. The highest BCUT2D eigenvalue weighted by Gasteiger charge is 2.25. The summed E-state index contributed by atoms with van der Waals surface area (Å²) < 4.78 is 44.1. The molecule has 8 heteroatoms. The van der Waals surface area contributed by atoms with E-state index in [0.717, 1.165) is 32.5 Å². The lowest BCUT2D eigenvalue weighted by Gasteiger charge is -2.16. The van der Waals surface area contributed by atoms with Gasteiger partial charge in [0.1, 0.15) is 0 Å². The summed E-state index contributed by atoms with van der Waals surface area (Å²) >= 11 is 0. The molecule has 25 heavy (non-hydrogen) atoms. The molecule has 1 aromatic rings. The Hall–Kier alpha value is -1.35.